The molecule has 0 aromatic rings. The molecule has 0 saturated carbocycles. The molecule has 0 radical (unpaired) electrons. The van der Waals surface area contributed by atoms with E-state index in [0.29, 0.717) is 5.75 Å². The topological polar surface area (TPSA) is 95.5 Å². The van der Waals surface area contributed by atoms with Crippen LogP contribution in [0.1, 0.15) is 27.7 Å². The van der Waals surface area contributed by atoms with E-state index in [0.717, 1.165) is 0 Å². The van der Waals surface area contributed by atoms with E-state index in [9.17, 15) is 13.8 Å². The molecule has 0 rings (SSSR count). The van der Waals surface area contributed by atoms with Crippen LogP contribution < -0.4 is 10.6 Å². The minimum Gasteiger partial charge on any atom is -0.480 e. The van der Waals surface area contributed by atoms with Crippen LogP contribution in [0.5, 0.6) is 0 Å². The normalized spacial score (nSPS) is 16.5. The highest BCUT2D eigenvalue weighted by molar-refractivity contribution is 7.84. The van der Waals surface area contributed by atoms with E-state index >= 15 is 0 Å². The van der Waals surface area contributed by atoms with Gasteiger partial charge < -0.3 is 15.7 Å². The highest BCUT2D eigenvalue weighted by Gasteiger charge is 2.32. The number of urea groups is 1. The molecule has 7 heteroatoms. The minimum atomic E-state index is -1.08. The molecule has 106 valence electrons. The monoisotopic (exact) mass is 278 g/mol. The molecule has 0 aliphatic carbocycles. The van der Waals surface area contributed by atoms with Crippen molar-refractivity contribution in [3.05, 3.63) is 0 Å². The fourth-order valence-electron chi connectivity index (χ4n) is 1.44. The van der Waals surface area contributed by atoms with Crippen LogP contribution in [-0.2, 0) is 15.6 Å². The van der Waals surface area contributed by atoms with Gasteiger partial charge in [-0.1, -0.05) is 20.8 Å². The summed E-state index contributed by atoms with van der Waals surface area (Å²) in [6.07, 6.45) is 1.55. The number of carboxylic acids is 1. The molecule has 0 fully saturated rings. The Hall–Kier alpha value is -1.11. The second kappa shape index (κ2) is 6.72. The van der Waals surface area contributed by atoms with Crippen molar-refractivity contribution in [2.75, 3.05) is 12.0 Å². The molecule has 3 N–H and O–H groups in total. The maximum absolute atomic E-state index is 11.6. The van der Waals surface area contributed by atoms with Gasteiger partial charge in [0.1, 0.15) is 6.04 Å². The highest BCUT2D eigenvalue weighted by Crippen LogP contribution is 2.19. The van der Waals surface area contributed by atoms with Crippen LogP contribution in [-0.4, -0.2) is 45.4 Å². The lowest BCUT2D eigenvalue weighted by Gasteiger charge is -2.28. The molecule has 6 nitrogen and oxygen atoms in total. The first-order valence-corrected chi connectivity index (χ1v) is 7.36. The van der Waals surface area contributed by atoms with Crippen LogP contribution in [0.4, 0.5) is 4.79 Å². The molecule has 3 atom stereocenters. The van der Waals surface area contributed by atoms with Gasteiger partial charge >= 0.3 is 12.0 Å². The Balaban J connectivity index is 4.45. The van der Waals surface area contributed by atoms with Gasteiger partial charge in [-0.05, 0) is 12.3 Å². The van der Waals surface area contributed by atoms with Crippen LogP contribution >= 0.6 is 0 Å². The molecule has 2 amide bonds. The largest absolute Gasteiger partial charge is 0.480 e. The van der Waals surface area contributed by atoms with Gasteiger partial charge in [0.05, 0.1) is 0 Å². The highest BCUT2D eigenvalue weighted by atomic mass is 32.2. The summed E-state index contributed by atoms with van der Waals surface area (Å²) in [5.41, 5.74) is -0.583. The van der Waals surface area contributed by atoms with Crippen LogP contribution in [0.15, 0.2) is 0 Å². The predicted octanol–water partition coefficient (Wildman–Crippen LogP) is 0.552. The smallest absolute Gasteiger partial charge is 0.326 e. The number of carbonyl (C=O) groups excluding carboxylic acids is 1. The third-order valence-corrected chi connectivity index (χ3v) is 3.22. The van der Waals surface area contributed by atoms with Crippen LogP contribution in [0.2, 0.25) is 0 Å². The van der Waals surface area contributed by atoms with Crippen molar-refractivity contribution < 1.29 is 18.9 Å². The molecule has 3 unspecified atom stereocenters. The number of carboxylic acid groups (broad SMARTS) is 1. The summed E-state index contributed by atoms with van der Waals surface area (Å²) < 4.78 is 11.0. The number of aliphatic carboxylic acids is 1. The van der Waals surface area contributed by atoms with Crippen molar-refractivity contribution >= 4 is 22.8 Å². The lowest BCUT2D eigenvalue weighted by atomic mass is 9.87. The van der Waals surface area contributed by atoms with Gasteiger partial charge in [-0.25, -0.2) is 9.59 Å². The number of rotatable bonds is 5. The summed E-state index contributed by atoms with van der Waals surface area (Å²) >= 11 is 0. The molecule has 0 aromatic carbocycles. The molecule has 0 aliphatic heterocycles. The van der Waals surface area contributed by atoms with E-state index in [1.54, 1.807) is 34.0 Å². The zero-order valence-electron chi connectivity index (χ0n) is 11.4. The molecular weight excluding hydrogens is 256 g/mol. The molecule has 0 bridgehead atoms. The first kappa shape index (κ1) is 16.9. The van der Waals surface area contributed by atoms with Gasteiger partial charge in [-0.3, -0.25) is 4.21 Å². The standard InChI is InChI=1S/C11H22N2O4S/c1-7(6-18(5)17)12-10(16)13-8(9(14)15)11(2,3)4/h7-8H,6H2,1-5H3,(H,14,15)(H2,12,13,16). The first-order chi connectivity index (χ1) is 8.04. The van der Waals surface area contributed by atoms with E-state index in [-0.39, 0.29) is 6.04 Å². The fourth-order valence-corrected chi connectivity index (χ4v) is 2.23. The maximum Gasteiger partial charge on any atom is 0.326 e. The predicted molar refractivity (Wildman–Crippen MR) is 70.9 cm³/mol. The molecule has 0 heterocycles. The molecule has 0 saturated heterocycles. The maximum atomic E-state index is 11.6. The van der Waals surface area contributed by atoms with E-state index in [1.807, 2.05) is 0 Å². The molecule has 0 aromatic heterocycles. The van der Waals surface area contributed by atoms with Gasteiger partial charge in [0.2, 0.25) is 0 Å². The van der Waals surface area contributed by atoms with Crippen molar-refractivity contribution in [2.45, 2.75) is 39.8 Å². The average Bonchev–Trinajstić information content (AvgIpc) is 2.09. The fraction of sp³-hybridized carbons (Fsp3) is 0.818. The van der Waals surface area contributed by atoms with Crippen molar-refractivity contribution in [1.82, 2.24) is 10.6 Å². The van der Waals surface area contributed by atoms with E-state index in [4.69, 9.17) is 5.11 Å². The summed E-state index contributed by atoms with van der Waals surface area (Å²) in [5, 5.41) is 14.0. The van der Waals surface area contributed by atoms with Crippen molar-refractivity contribution in [1.29, 1.82) is 0 Å². The van der Waals surface area contributed by atoms with Crippen LogP contribution in [0, 0.1) is 5.41 Å². The molecule has 0 spiro atoms. The third-order valence-electron chi connectivity index (χ3n) is 2.25. The number of amides is 2. The average molecular weight is 278 g/mol. The molecule has 18 heavy (non-hydrogen) atoms. The number of hydrogen-bond acceptors (Lipinski definition) is 3. The summed E-state index contributed by atoms with van der Waals surface area (Å²) in [5.74, 6) is -0.745. The number of nitrogens with one attached hydrogen (secondary N) is 2. The van der Waals surface area contributed by atoms with Crippen molar-refractivity contribution in [2.24, 2.45) is 5.41 Å². The van der Waals surface area contributed by atoms with Crippen LogP contribution in [0.25, 0.3) is 0 Å². The van der Waals surface area contributed by atoms with Crippen molar-refractivity contribution in [3.63, 3.8) is 0 Å². The Bertz CT molecular complexity index is 338. The number of carbonyl (C=O) groups is 2. The molecule has 0 aliphatic rings. The Kier molecular flexibility index (Phi) is 6.31. The van der Waals surface area contributed by atoms with E-state index in [2.05, 4.69) is 10.6 Å². The second-order valence-corrected chi connectivity index (χ2v) is 6.88. The van der Waals surface area contributed by atoms with Crippen LogP contribution in [0.3, 0.4) is 0 Å². The Morgan fingerprint density at radius 3 is 2.11 bits per heavy atom. The summed E-state index contributed by atoms with van der Waals surface area (Å²) in [4.78, 5) is 22.7. The zero-order chi connectivity index (χ0) is 14.5. The lowest BCUT2D eigenvalue weighted by Crippen LogP contribution is -2.54. The van der Waals surface area contributed by atoms with Gasteiger partial charge in [0.15, 0.2) is 0 Å². The lowest BCUT2D eigenvalue weighted by molar-refractivity contribution is -0.141. The summed E-state index contributed by atoms with van der Waals surface area (Å²) in [6, 6.07) is -1.81. The van der Waals surface area contributed by atoms with E-state index < -0.39 is 34.3 Å². The SMILES string of the molecule is CC(CS(C)=O)NC(=O)NC(C(=O)O)C(C)(C)C. The third kappa shape index (κ3) is 6.58. The van der Waals surface area contributed by atoms with Gasteiger partial charge in [0, 0.05) is 28.9 Å². The van der Waals surface area contributed by atoms with Gasteiger partial charge in [0.25, 0.3) is 0 Å². The summed E-state index contributed by atoms with van der Waals surface area (Å²) in [6.45, 7) is 6.91. The Labute approximate surface area is 110 Å². The van der Waals surface area contributed by atoms with E-state index in [1.165, 1.54) is 0 Å². The van der Waals surface area contributed by atoms with Gasteiger partial charge in [-0.15, -0.1) is 0 Å². The Morgan fingerprint density at radius 1 is 1.28 bits per heavy atom. The molecular formula is C11H22N2O4S. The first-order valence-electron chi connectivity index (χ1n) is 5.64. The van der Waals surface area contributed by atoms with Crippen molar-refractivity contribution in [3.8, 4) is 0 Å². The second-order valence-electron chi connectivity index (χ2n) is 5.40. The quantitative estimate of drug-likeness (QED) is 0.684. The number of hydrogen-bond donors (Lipinski definition) is 3. The van der Waals surface area contributed by atoms with Gasteiger partial charge in [-0.2, -0.15) is 0 Å². The summed E-state index contributed by atoms with van der Waals surface area (Å²) in [7, 11) is -1.01. The zero-order valence-corrected chi connectivity index (χ0v) is 12.3. The minimum absolute atomic E-state index is 0.273. The Morgan fingerprint density at radius 2 is 1.78 bits per heavy atom.